The van der Waals surface area contributed by atoms with Gasteiger partial charge in [0.1, 0.15) is 11.6 Å². The van der Waals surface area contributed by atoms with E-state index in [-0.39, 0.29) is 5.82 Å². The van der Waals surface area contributed by atoms with E-state index in [1.165, 1.54) is 18.9 Å². The Kier molecular flexibility index (Phi) is 5.61. The fourth-order valence-electron chi connectivity index (χ4n) is 1.85. The molecule has 1 N–H and O–H groups in total. The van der Waals surface area contributed by atoms with Crippen molar-refractivity contribution in [2.75, 3.05) is 19.8 Å². The third-order valence-electron chi connectivity index (χ3n) is 3.01. The summed E-state index contributed by atoms with van der Waals surface area (Å²) in [6, 6.07) is 5.52. The number of hydrogen-bond donors (Lipinski definition) is 1. The van der Waals surface area contributed by atoms with Gasteiger partial charge in [0, 0.05) is 38.3 Å². The molecule has 0 saturated heterocycles. The van der Waals surface area contributed by atoms with Gasteiger partial charge in [0.2, 0.25) is 0 Å². The SMILES string of the molecule is CCOCCCOc1cc(F)cc(CNC2CC2)c1. The molecule has 1 aliphatic rings. The largest absolute Gasteiger partial charge is 0.493 e. The van der Waals surface area contributed by atoms with E-state index in [2.05, 4.69) is 5.32 Å². The summed E-state index contributed by atoms with van der Waals surface area (Å²) in [4.78, 5) is 0. The molecule has 0 radical (unpaired) electrons. The molecular formula is C15H22FNO2. The average Bonchev–Trinajstić information content (AvgIpc) is 3.20. The number of nitrogens with one attached hydrogen (secondary N) is 1. The molecular weight excluding hydrogens is 245 g/mol. The molecule has 19 heavy (non-hydrogen) atoms. The predicted octanol–water partition coefficient (Wildman–Crippen LogP) is 2.88. The maximum Gasteiger partial charge on any atom is 0.127 e. The highest BCUT2D eigenvalue weighted by Gasteiger charge is 2.20. The lowest BCUT2D eigenvalue weighted by molar-refractivity contribution is 0.131. The summed E-state index contributed by atoms with van der Waals surface area (Å²) >= 11 is 0. The molecule has 0 atom stereocenters. The normalized spacial score (nSPS) is 14.6. The molecule has 2 rings (SSSR count). The first kappa shape index (κ1) is 14.3. The third kappa shape index (κ3) is 5.57. The van der Waals surface area contributed by atoms with Gasteiger partial charge in [-0.3, -0.25) is 0 Å². The first-order valence-electron chi connectivity index (χ1n) is 7.01. The van der Waals surface area contributed by atoms with E-state index < -0.39 is 0 Å². The summed E-state index contributed by atoms with van der Waals surface area (Å²) in [7, 11) is 0. The molecule has 0 aliphatic heterocycles. The van der Waals surface area contributed by atoms with Crippen LogP contribution in [0.4, 0.5) is 4.39 Å². The summed E-state index contributed by atoms with van der Waals surface area (Å²) in [5.74, 6) is 0.360. The zero-order valence-corrected chi connectivity index (χ0v) is 11.5. The van der Waals surface area contributed by atoms with Crippen molar-refractivity contribution in [2.45, 2.75) is 38.8 Å². The minimum absolute atomic E-state index is 0.241. The van der Waals surface area contributed by atoms with Crippen molar-refractivity contribution in [3.8, 4) is 5.75 Å². The van der Waals surface area contributed by atoms with Gasteiger partial charge in [-0.2, -0.15) is 0 Å². The van der Waals surface area contributed by atoms with Gasteiger partial charge in [0.25, 0.3) is 0 Å². The number of ether oxygens (including phenoxy) is 2. The molecule has 0 bridgehead atoms. The minimum atomic E-state index is -0.241. The van der Waals surface area contributed by atoms with E-state index in [1.807, 2.05) is 13.0 Å². The quantitative estimate of drug-likeness (QED) is 0.698. The molecule has 1 saturated carbocycles. The second-order valence-electron chi connectivity index (χ2n) is 4.85. The van der Waals surface area contributed by atoms with Crippen LogP contribution < -0.4 is 10.1 Å². The molecule has 106 valence electrons. The number of benzene rings is 1. The Balaban J connectivity index is 1.77. The van der Waals surface area contributed by atoms with Crippen LogP contribution in [0.5, 0.6) is 5.75 Å². The molecule has 1 aromatic carbocycles. The van der Waals surface area contributed by atoms with E-state index in [0.717, 1.165) is 18.6 Å². The Morgan fingerprint density at radius 3 is 2.84 bits per heavy atom. The third-order valence-corrected chi connectivity index (χ3v) is 3.01. The van der Waals surface area contributed by atoms with Gasteiger partial charge < -0.3 is 14.8 Å². The Hall–Kier alpha value is -1.13. The molecule has 1 aliphatic carbocycles. The van der Waals surface area contributed by atoms with Gasteiger partial charge in [-0.1, -0.05) is 0 Å². The average molecular weight is 267 g/mol. The Morgan fingerprint density at radius 2 is 2.11 bits per heavy atom. The molecule has 1 fully saturated rings. The highest BCUT2D eigenvalue weighted by Crippen LogP contribution is 2.21. The second-order valence-corrected chi connectivity index (χ2v) is 4.85. The van der Waals surface area contributed by atoms with Crippen LogP contribution in [0.15, 0.2) is 18.2 Å². The Bertz CT molecular complexity index is 394. The Labute approximate surface area is 114 Å². The zero-order valence-electron chi connectivity index (χ0n) is 11.5. The van der Waals surface area contributed by atoms with Crippen LogP contribution >= 0.6 is 0 Å². The summed E-state index contributed by atoms with van der Waals surface area (Å²) in [5, 5.41) is 3.37. The molecule has 0 aromatic heterocycles. The standard InChI is InChI=1S/C15H22FNO2/c1-2-18-6-3-7-19-15-9-12(8-13(16)10-15)11-17-14-4-5-14/h8-10,14,17H,2-7,11H2,1H3. The molecule has 0 spiro atoms. The molecule has 4 heteroatoms. The van der Waals surface area contributed by atoms with Gasteiger partial charge >= 0.3 is 0 Å². The number of halogens is 1. The number of hydrogen-bond acceptors (Lipinski definition) is 3. The summed E-state index contributed by atoms with van der Waals surface area (Å²) in [6.07, 6.45) is 3.28. The lowest BCUT2D eigenvalue weighted by Gasteiger charge is -2.09. The van der Waals surface area contributed by atoms with Gasteiger partial charge in [0.05, 0.1) is 6.61 Å². The van der Waals surface area contributed by atoms with E-state index in [0.29, 0.717) is 31.5 Å². The van der Waals surface area contributed by atoms with Gasteiger partial charge in [0.15, 0.2) is 0 Å². The summed E-state index contributed by atoms with van der Waals surface area (Å²) in [6.45, 7) is 4.63. The van der Waals surface area contributed by atoms with Crippen molar-refractivity contribution >= 4 is 0 Å². The van der Waals surface area contributed by atoms with Crippen LogP contribution in [0.25, 0.3) is 0 Å². The van der Waals surface area contributed by atoms with Crippen LogP contribution in [-0.4, -0.2) is 25.9 Å². The van der Waals surface area contributed by atoms with Crippen molar-refractivity contribution in [1.82, 2.24) is 5.32 Å². The molecule has 1 aromatic rings. The maximum absolute atomic E-state index is 13.5. The Morgan fingerprint density at radius 1 is 1.26 bits per heavy atom. The van der Waals surface area contributed by atoms with Crippen molar-refractivity contribution in [1.29, 1.82) is 0 Å². The van der Waals surface area contributed by atoms with Crippen molar-refractivity contribution < 1.29 is 13.9 Å². The molecule has 0 amide bonds. The molecule has 0 heterocycles. The lowest BCUT2D eigenvalue weighted by atomic mass is 10.2. The van der Waals surface area contributed by atoms with E-state index in [1.54, 1.807) is 6.07 Å². The van der Waals surface area contributed by atoms with E-state index in [4.69, 9.17) is 9.47 Å². The minimum Gasteiger partial charge on any atom is -0.493 e. The lowest BCUT2D eigenvalue weighted by Crippen LogP contribution is -2.15. The van der Waals surface area contributed by atoms with Crippen molar-refractivity contribution in [2.24, 2.45) is 0 Å². The van der Waals surface area contributed by atoms with Crippen LogP contribution in [-0.2, 0) is 11.3 Å². The highest BCUT2D eigenvalue weighted by molar-refractivity contribution is 5.29. The van der Waals surface area contributed by atoms with Crippen LogP contribution in [0.2, 0.25) is 0 Å². The molecule has 0 unspecified atom stereocenters. The summed E-state index contributed by atoms with van der Waals surface area (Å²) in [5.41, 5.74) is 0.937. The van der Waals surface area contributed by atoms with Gasteiger partial charge in [-0.25, -0.2) is 4.39 Å². The van der Waals surface area contributed by atoms with Crippen LogP contribution in [0.3, 0.4) is 0 Å². The van der Waals surface area contributed by atoms with Crippen molar-refractivity contribution in [3.05, 3.63) is 29.6 Å². The van der Waals surface area contributed by atoms with Crippen LogP contribution in [0, 0.1) is 5.82 Å². The zero-order chi connectivity index (χ0) is 13.5. The fourth-order valence-corrected chi connectivity index (χ4v) is 1.85. The van der Waals surface area contributed by atoms with Crippen molar-refractivity contribution in [3.63, 3.8) is 0 Å². The van der Waals surface area contributed by atoms with E-state index >= 15 is 0 Å². The number of rotatable bonds is 9. The van der Waals surface area contributed by atoms with Gasteiger partial charge in [-0.15, -0.1) is 0 Å². The van der Waals surface area contributed by atoms with E-state index in [9.17, 15) is 4.39 Å². The monoisotopic (exact) mass is 267 g/mol. The predicted molar refractivity (Wildman–Crippen MR) is 72.9 cm³/mol. The molecule has 3 nitrogen and oxygen atoms in total. The first-order valence-corrected chi connectivity index (χ1v) is 7.01. The maximum atomic E-state index is 13.5. The summed E-state index contributed by atoms with van der Waals surface area (Å²) < 4.78 is 24.2. The first-order chi connectivity index (χ1) is 9.28. The second kappa shape index (κ2) is 7.46. The fraction of sp³-hybridized carbons (Fsp3) is 0.600. The highest BCUT2D eigenvalue weighted by atomic mass is 19.1. The smallest absolute Gasteiger partial charge is 0.127 e. The van der Waals surface area contributed by atoms with Gasteiger partial charge in [-0.05, 0) is 37.5 Å². The van der Waals surface area contributed by atoms with Crippen LogP contribution in [0.1, 0.15) is 31.7 Å². The topological polar surface area (TPSA) is 30.5 Å².